The molecule has 0 radical (unpaired) electrons. The van der Waals surface area contributed by atoms with Crippen molar-refractivity contribution in [3.8, 4) is 11.1 Å². The van der Waals surface area contributed by atoms with Crippen molar-refractivity contribution in [3.63, 3.8) is 0 Å². The van der Waals surface area contributed by atoms with E-state index in [0.717, 1.165) is 23.9 Å². The summed E-state index contributed by atoms with van der Waals surface area (Å²) in [6.07, 6.45) is 4.33. The summed E-state index contributed by atoms with van der Waals surface area (Å²) < 4.78 is 28.6. The number of amides is 2. The first-order valence-corrected chi connectivity index (χ1v) is 13.6. The highest BCUT2D eigenvalue weighted by molar-refractivity contribution is 8.26. The van der Waals surface area contributed by atoms with Gasteiger partial charge in [-0.2, -0.15) is 5.10 Å². The number of carboxylic acid groups (broad SMARTS) is 1. The van der Waals surface area contributed by atoms with Crippen molar-refractivity contribution >= 4 is 69.2 Å². The summed E-state index contributed by atoms with van der Waals surface area (Å²) in [4.78, 5) is 44.1. The molecule has 1 aliphatic rings. The zero-order valence-corrected chi connectivity index (χ0v) is 22.6. The number of aromatic nitrogens is 3. The van der Waals surface area contributed by atoms with Crippen LogP contribution in [-0.4, -0.2) is 52.9 Å². The molecule has 2 N–H and O–H groups in total. The van der Waals surface area contributed by atoms with Gasteiger partial charge in [-0.1, -0.05) is 30.0 Å². The fourth-order valence-corrected chi connectivity index (χ4v) is 6.11. The number of benzene rings is 2. The van der Waals surface area contributed by atoms with Gasteiger partial charge in [0.1, 0.15) is 23.0 Å². The number of thioether (sulfide) groups is 1. The summed E-state index contributed by atoms with van der Waals surface area (Å²) in [5, 5.41) is 17.6. The second kappa shape index (κ2) is 11.5. The zero-order valence-electron chi connectivity index (χ0n) is 20.2. The van der Waals surface area contributed by atoms with Crippen molar-refractivity contribution in [2.24, 2.45) is 0 Å². The SMILES string of the molecule is O=C(O)c1ccc(NC(=O)[C@H](Cn2cncn2)N2C(=O)/C(=C/c3cc(-c4ccc(F)c(F)c4)cs3)SC2=S)cc1. The van der Waals surface area contributed by atoms with E-state index in [4.69, 9.17) is 17.3 Å². The van der Waals surface area contributed by atoms with E-state index in [-0.39, 0.29) is 21.3 Å². The van der Waals surface area contributed by atoms with Crippen molar-refractivity contribution in [2.75, 3.05) is 5.32 Å². The zero-order chi connectivity index (χ0) is 28.4. The monoisotopic (exact) mass is 597 g/mol. The fraction of sp³-hybridized carbons (Fsp3) is 0.0769. The molecule has 40 heavy (non-hydrogen) atoms. The number of thiophene rings is 1. The summed E-state index contributed by atoms with van der Waals surface area (Å²) in [7, 11) is 0. The fourth-order valence-electron chi connectivity index (χ4n) is 3.84. The van der Waals surface area contributed by atoms with Gasteiger partial charge in [0.15, 0.2) is 11.6 Å². The molecule has 3 heterocycles. The average molecular weight is 598 g/mol. The lowest BCUT2D eigenvalue weighted by atomic mass is 10.1. The Morgan fingerprint density at radius 1 is 1.10 bits per heavy atom. The molecule has 0 unspecified atom stereocenters. The number of hydrogen-bond acceptors (Lipinski definition) is 8. The highest BCUT2D eigenvalue weighted by Crippen LogP contribution is 2.36. The van der Waals surface area contributed by atoms with Crippen LogP contribution in [-0.2, 0) is 16.1 Å². The third-order valence-corrected chi connectivity index (χ3v) is 8.02. The summed E-state index contributed by atoms with van der Waals surface area (Å²) >= 11 is 7.82. The molecule has 0 spiro atoms. The minimum atomic E-state index is -1.10. The lowest BCUT2D eigenvalue weighted by Crippen LogP contribution is -2.48. The van der Waals surface area contributed by atoms with Crippen molar-refractivity contribution < 1.29 is 28.3 Å². The van der Waals surface area contributed by atoms with Crippen molar-refractivity contribution in [3.05, 3.63) is 93.5 Å². The second-order valence-corrected chi connectivity index (χ2v) is 11.0. The molecule has 1 aliphatic heterocycles. The van der Waals surface area contributed by atoms with Crippen molar-refractivity contribution in [1.82, 2.24) is 19.7 Å². The third-order valence-electron chi connectivity index (χ3n) is 5.81. The number of hydrogen-bond donors (Lipinski definition) is 2. The highest BCUT2D eigenvalue weighted by Gasteiger charge is 2.41. The Bertz CT molecular complexity index is 1650. The first-order chi connectivity index (χ1) is 19.2. The maximum Gasteiger partial charge on any atom is 0.335 e. The standard InChI is InChI=1S/C26H17F2N5O4S3/c27-19-6-3-15(8-20(19)28)16-7-18(39-11-16)9-22-24(35)33(26(38)40-22)21(10-32-13-29-12-30-32)23(34)31-17-4-1-14(2-5-17)25(36)37/h1-9,11-13,21H,10H2,(H,31,34)(H,36,37)/b22-9-/t21-/m0/s1. The Kier molecular flexibility index (Phi) is 7.82. The Morgan fingerprint density at radius 2 is 1.88 bits per heavy atom. The number of carboxylic acids is 1. The molecule has 14 heteroatoms. The van der Waals surface area contributed by atoms with E-state index >= 15 is 0 Å². The molecular formula is C26H17F2N5O4S3. The van der Waals surface area contributed by atoms with Crippen LogP contribution in [0.2, 0.25) is 0 Å². The smallest absolute Gasteiger partial charge is 0.335 e. The predicted molar refractivity (Wildman–Crippen MR) is 151 cm³/mol. The Labute approximate surface area is 239 Å². The van der Waals surface area contributed by atoms with Crippen molar-refractivity contribution in [2.45, 2.75) is 12.6 Å². The van der Waals surface area contributed by atoms with Gasteiger partial charge < -0.3 is 10.4 Å². The average Bonchev–Trinajstić information content (AvgIpc) is 3.67. The van der Waals surface area contributed by atoms with Crippen LogP contribution in [0.5, 0.6) is 0 Å². The molecule has 1 atom stereocenters. The summed E-state index contributed by atoms with van der Waals surface area (Å²) in [6, 6.07) is 9.84. The quantitative estimate of drug-likeness (QED) is 0.218. The Balaban J connectivity index is 1.39. The van der Waals surface area contributed by atoms with Crippen LogP contribution in [0, 0.1) is 11.6 Å². The van der Waals surface area contributed by atoms with E-state index in [1.54, 1.807) is 17.5 Å². The Morgan fingerprint density at radius 3 is 2.55 bits per heavy atom. The molecule has 2 amide bonds. The van der Waals surface area contributed by atoms with Gasteiger partial charge in [0, 0.05) is 10.6 Å². The number of carbonyl (C=O) groups excluding carboxylic acids is 2. The lowest BCUT2D eigenvalue weighted by Gasteiger charge is -2.25. The first-order valence-electron chi connectivity index (χ1n) is 11.5. The lowest BCUT2D eigenvalue weighted by molar-refractivity contribution is -0.130. The maximum absolute atomic E-state index is 13.7. The molecule has 5 rings (SSSR count). The molecule has 1 fully saturated rings. The van der Waals surface area contributed by atoms with Gasteiger partial charge in [-0.3, -0.25) is 19.2 Å². The Hall–Kier alpha value is -4.27. The van der Waals surface area contributed by atoms with Crippen LogP contribution in [0.3, 0.4) is 0 Å². The van der Waals surface area contributed by atoms with Gasteiger partial charge in [-0.25, -0.2) is 18.6 Å². The molecule has 0 bridgehead atoms. The predicted octanol–water partition coefficient (Wildman–Crippen LogP) is 4.89. The highest BCUT2D eigenvalue weighted by atomic mass is 32.2. The molecule has 202 valence electrons. The van der Waals surface area contributed by atoms with Crippen LogP contribution >= 0.6 is 35.3 Å². The van der Waals surface area contributed by atoms with E-state index < -0.39 is 35.5 Å². The summed E-state index contributed by atoms with van der Waals surface area (Å²) in [5.41, 5.74) is 1.54. The molecule has 4 aromatic rings. The molecule has 1 saturated heterocycles. The number of carbonyl (C=O) groups is 3. The van der Waals surface area contributed by atoms with Gasteiger partial charge in [0.05, 0.1) is 17.0 Å². The molecule has 2 aromatic heterocycles. The van der Waals surface area contributed by atoms with Crippen LogP contribution in [0.25, 0.3) is 17.2 Å². The summed E-state index contributed by atoms with van der Waals surface area (Å²) in [5.74, 6) is -4.05. The number of thiocarbonyl (C=S) groups is 1. The van der Waals surface area contributed by atoms with E-state index in [1.165, 1.54) is 63.9 Å². The van der Waals surface area contributed by atoms with Gasteiger partial charge in [0.25, 0.3) is 5.91 Å². The minimum Gasteiger partial charge on any atom is -0.478 e. The normalized spacial score (nSPS) is 15.1. The molecular weight excluding hydrogens is 581 g/mol. The molecule has 0 saturated carbocycles. The van der Waals surface area contributed by atoms with E-state index in [1.807, 2.05) is 0 Å². The number of rotatable bonds is 8. The number of nitrogens with zero attached hydrogens (tertiary/aromatic N) is 4. The van der Waals surface area contributed by atoms with E-state index in [9.17, 15) is 23.2 Å². The number of nitrogens with one attached hydrogen (secondary N) is 1. The van der Waals surface area contributed by atoms with Crippen LogP contribution in [0.4, 0.5) is 14.5 Å². The topological polar surface area (TPSA) is 117 Å². The van der Waals surface area contributed by atoms with Gasteiger partial charge in [0.2, 0.25) is 5.91 Å². The number of anilines is 1. The molecule has 2 aromatic carbocycles. The number of halogens is 2. The van der Waals surface area contributed by atoms with Crippen LogP contribution in [0.1, 0.15) is 15.2 Å². The minimum absolute atomic E-state index is 0.0436. The van der Waals surface area contributed by atoms with Gasteiger partial charge >= 0.3 is 5.97 Å². The first kappa shape index (κ1) is 27.3. The molecule has 9 nitrogen and oxygen atoms in total. The van der Waals surface area contributed by atoms with E-state index in [0.29, 0.717) is 21.7 Å². The third kappa shape index (κ3) is 5.83. The van der Waals surface area contributed by atoms with Crippen LogP contribution < -0.4 is 5.32 Å². The van der Waals surface area contributed by atoms with Crippen molar-refractivity contribution in [1.29, 1.82) is 0 Å². The van der Waals surface area contributed by atoms with Gasteiger partial charge in [-0.15, -0.1) is 11.3 Å². The maximum atomic E-state index is 13.7. The van der Waals surface area contributed by atoms with Gasteiger partial charge in [-0.05, 0) is 65.0 Å². The van der Waals surface area contributed by atoms with E-state index in [2.05, 4.69) is 15.4 Å². The second-order valence-electron chi connectivity index (χ2n) is 8.42. The molecule has 0 aliphatic carbocycles. The largest absolute Gasteiger partial charge is 0.478 e. The van der Waals surface area contributed by atoms with Crippen LogP contribution in [0.15, 0.2) is 71.5 Å². The number of aromatic carboxylic acids is 1. The summed E-state index contributed by atoms with van der Waals surface area (Å²) in [6.45, 7) is -0.0436.